The van der Waals surface area contributed by atoms with E-state index < -0.39 is 6.10 Å². The van der Waals surface area contributed by atoms with Crippen molar-refractivity contribution in [1.82, 2.24) is 15.2 Å². The predicted molar refractivity (Wildman–Crippen MR) is 104 cm³/mol. The molecule has 6 nitrogen and oxygen atoms in total. The van der Waals surface area contributed by atoms with E-state index in [-0.39, 0.29) is 35.9 Å². The van der Waals surface area contributed by atoms with Gasteiger partial charge in [-0.05, 0) is 44.9 Å². The van der Waals surface area contributed by atoms with Crippen LogP contribution in [0.25, 0.3) is 0 Å². The van der Waals surface area contributed by atoms with E-state index in [9.17, 15) is 9.59 Å². The molecular weight excluding hydrogens is 362 g/mol. The van der Waals surface area contributed by atoms with Crippen molar-refractivity contribution in [2.24, 2.45) is 5.92 Å². The lowest BCUT2D eigenvalue weighted by atomic mass is 9.95. The number of aromatic nitrogens is 1. The van der Waals surface area contributed by atoms with Crippen LogP contribution >= 0.6 is 11.3 Å². The topological polar surface area (TPSA) is 71.5 Å². The Kier molecular flexibility index (Phi) is 5.25. The molecule has 1 saturated carbocycles. The molecule has 148 valence electrons. The minimum absolute atomic E-state index is 0.0189. The highest BCUT2D eigenvalue weighted by atomic mass is 32.1. The second-order valence-corrected chi connectivity index (χ2v) is 9.18. The van der Waals surface area contributed by atoms with E-state index in [4.69, 9.17) is 4.74 Å². The van der Waals surface area contributed by atoms with Crippen molar-refractivity contribution in [3.63, 3.8) is 0 Å². The summed E-state index contributed by atoms with van der Waals surface area (Å²) in [7, 11) is 0. The zero-order valence-electron chi connectivity index (χ0n) is 16.3. The molecule has 4 rings (SSSR count). The maximum absolute atomic E-state index is 13.1. The molecule has 4 atom stereocenters. The molecule has 27 heavy (non-hydrogen) atoms. The predicted octanol–water partition coefficient (Wildman–Crippen LogP) is 2.94. The zero-order valence-corrected chi connectivity index (χ0v) is 17.1. The first-order chi connectivity index (χ1) is 13.0. The molecule has 2 saturated heterocycles. The van der Waals surface area contributed by atoms with Crippen LogP contribution in [0.5, 0.6) is 0 Å². The van der Waals surface area contributed by atoms with Gasteiger partial charge in [-0.2, -0.15) is 0 Å². The van der Waals surface area contributed by atoms with Gasteiger partial charge in [0.15, 0.2) is 0 Å². The van der Waals surface area contributed by atoms with E-state index >= 15 is 0 Å². The molecule has 1 aliphatic carbocycles. The third-order valence-electron chi connectivity index (χ3n) is 6.07. The van der Waals surface area contributed by atoms with Crippen LogP contribution in [0.3, 0.4) is 0 Å². The lowest BCUT2D eigenvalue weighted by Gasteiger charge is -2.30. The molecule has 0 radical (unpaired) electrons. The summed E-state index contributed by atoms with van der Waals surface area (Å²) in [6.45, 7) is 6.52. The van der Waals surface area contributed by atoms with E-state index in [2.05, 4.69) is 10.3 Å². The van der Waals surface area contributed by atoms with Crippen molar-refractivity contribution >= 4 is 23.2 Å². The highest BCUT2D eigenvalue weighted by Crippen LogP contribution is 2.42. The first-order valence-corrected chi connectivity index (χ1v) is 11.1. The summed E-state index contributed by atoms with van der Waals surface area (Å²) in [6, 6.07) is 0.341. The van der Waals surface area contributed by atoms with Gasteiger partial charge in [0.25, 0.3) is 11.8 Å². The number of hydrogen-bond acceptors (Lipinski definition) is 5. The Hall–Kier alpha value is -1.47. The Bertz CT molecular complexity index is 715. The first kappa shape index (κ1) is 18.9. The van der Waals surface area contributed by atoms with Crippen molar-refractivity contribution in [2.75, 3.05) is 6.61 Å². The second-order valence-electron chi connectivity index (χ2n) is 8.32. The highest BCUT2D eigenvalue weighted by molar-refractivity contribution is 7.11. The molecule has 1 aromatic rings. The Balaban J connectivity index is 1.45. The molecule has 3 fully saturated rings. The summed E-state index contributed by atoms with van der Waals surface area (Å²) in [6.07, 6.45) is 4.69. The fourth-order valence-electron chi connectivity index (χ4n) is 4.67. The Morgan fingerprint density at radius 3 is 2.78 bits per heavy atom. The Labute approximate surface area is 164 Å². The third kappa shape index (κ3) is 3.51. The summed E-state index contributed by atoms with van der Waals surface area (Å²) >= 11 is 1.43. The Morgan fingerprint density at radius 1 is 1.33 bits per heavy atom. The summed E-state index contributed by atoms with van der Waals surface area (Å²) in [5.41, 5.74) is 2.74. The van der Waals surface area contributed by atoms with E-state index in [1.54, 1.807) is 5.51 Å². The average Bonchev–Trinajstić information content (AvgIpc) is 3.09. The van der Waals surface area contributed by atoms with Crippen LogP contribution in [-0.4, -0.2) is 52.5 Å². The first-order valence-electron chi connectivity index (χ1n) is 10.2. The Morgan fingerprint density at radius 2 is 2.11 bits per heavy atom. The molecule has 0 aromatic carbocycles. The van der Waals surface area contributed by atoms with Gasteiger partial charge in [0, 0.05) is 18.6 Å². The number of nitrogens with zero attached hydrogens (tertiary/aromatic N) is 2. The number of rotatable bonds is 7. The van der Waals surface area contributed by atoms with Gasteiger partial charge < -0.3 is 15.0 Å². The molecule has 0 spiro atoms. The summed E-state index contributed by atoms with van der Waals surface area (Å²) < 4.78 is 5.74. The fourth-order valence-corrected chi connectivity index (χ4v) is 5.45. The number of amides is 2. The molecule has 3 heterocycles. The second kappa shape index (κ2) is 7.51. The monoisotopic (exact) mass is 391 g/mol. The number of fused-ring (bicyclic) bond motifs is 2. The smallest absolute Gasteiger partial charge is 0.263 e. The average molecular weight is 392 g/mol. The van der Waals surface area contributed by atoms with Crippen molar-refractivity contribution in [1.29, 1.82) is 0 Å². The number of carbonyl (C=O) groups is 2. The standard InChI is InChI=1S/C20H29N3O3S/c1-4-26-17(11(2)3)20(25)23-13-7-8-15(23)14(9-13)22-19(24)18-16(12-5-6-12)21-10-27-18/h10-15,17H,4-9H2,1-3H3,(H,22,24)/t13-,14+,15+,17?/m1/s1. The third-order valence-corrected chi connectivity index (χ3v) is 6.91. The van der Waals surface area contributed by atoms with Gasteiger partial charge in [0.2, 0.25) is 0 Å². The van der Waals surface area contributed by atoms with Gasteiger partial charge in [-0.25, -0.2) is 4.98 Å². The SMILES string of the molecule is CCOC(C(=O)N1[C@@H]2CC[C@H]1[C@@H](NC(=O)c1scnc1C1CC1)C2)C(C)C. The molecule has 3 aliphatic rings. The van der Waals surface area contributed by atoms with Crippen LogP contribution < -0.4 is 5.32 Å². The number of thiazole rings is 1. The highest BCUT2D eigenvalue weighted by Gasteiger charge is 2.50. The van der Waals surface area contributed by atoms with E-state index in [0.717, 1.165) is 42.7 Å². The van der Waals surface area contributed by atoms with E-state index in [1.807, 2.05) is 25.7 Å². The molecule has 2 amide bonds. The normalized spacial score (nSPS) is 28.0. The summed E-state index contributed by atoms with van der Waals surface area (Å²) in [5, 5.41) is 3.22. The lowest BCUT2D eigenvalue weighted by molar-refractivity contribution is -0.147. The molecule has 2 bridgehead atoms. The largest absolute Gasteiger partial charge is 0.368 e. The number of hydrogen-bond donors (Lipinski definition) is 1. The number of ether oxygens (including phenoxy) is 1. The molecular formula is C20H29N3O3S. The van der Waals surface area contributed by atoms with Gasteiger partial charge in [-0.15, -0.1) is 11.3 Å². The maximum Gasteiger partial charge on any atom is 0.263 e. The van der Waals surface area contributed by atoms with Crippen LogP contribution in [0.1, 0.15) is 74.2 Å². The van der Waals surface area contributed by atoms with Gasteiger partial charge >= 0.3 is 0 Å². The van der Waals surface area contributed by atoms with Crippen LogP contribution in [0.4, 0.5) is 0 Å². The molecule has 7 heteroatoms. The number of nitrogens with one attached hydrogen (secondary N) is 1. The summed E-state index contributed by atoms with van der Waals surface area (Å²) in [4.78, 5) is 33.1. The zero-order chi connectivity index (χ0) is 19.1. The van der Waals surface area contributed by atoms with Crippen molar-refractivity contribution in [2.45, 2.75) is 83.0 Å². The number of carbonyl (C=O) groups excluding carboxylic acids is 2. The minimum Gasteiger partial charge on any atom is -0.368 e. The van der Waals surface area contributed by atoms with Gasteiger partial charge in [-0.1, -0.05) is 13.8 Å². The molecule has 1 aromatic heterocycles. The van der Waals surface area contributed by atoms with Gasteiger partial charge in [0.1, 0.15) is 11.0 Å². The fraction of sp³-hybridized carbons (Fsp3) is 0.750. The van der Waals surface area contributed by atoms with Crippen LogP contribution in [-0.2, 0) is 9.53 Å². The van der Waals surface area contributed by atoms with Crippen LogP contribution in [0.2, 0.25) is 0 Å². The summed E-state index contributed by atoms with van der Waals surface area (Å²) in [5.74, 6) is 0.680. The quantitative estimate of drug-likeness (QED) is 0.776. The molecule has 1 unspecified atom stereocenters. The lowest BCUT2D eigenvalue weighted by Crippen LogP contribution is -2.49. The maximum atomic E-state index is 13.1. The van der Waals surface area contributed by atoms with E-state index in [1.165, 1.54) is 11.3 Å². The van der Waals surface area contributed by atoms with Crippen molar-refractivity contribution in [3.8, 4) is 0 Å². The minimum atomic E-state index is -0.393. The van der Waals surface area contributed by atoms with E-state index in [0.29, 0.717) is 12.5 Å². The van der Waals surface area contributed by atoms with Crippen LogP contribution in [0, 0.1) is 5.92 Å². The van der Waals surface area contributed by atoms with Gasteiger partial charge in [-0.3, -0.25) is 9.59 Å². The van der Waals surface area contributed by atoms with Gasteiger partial charge in [0.05, 0.1) is 23.3 Å². The van der Waals surface area contributed by atoms with Crippen molar-refractivity contribution in [3.05, 3.63) is 16.1 Å². The van der Waals surface area contributed by atoms with Crippen molar-refractivity contribution < 1.29 is 14.3 Å². The van der Waals surface area contributed by atoms with Crippen LogP contribution in [0.15, 0.2) is 5.51 Å². The molecule has 2 aliphatic heterocycles. The molecule has 1 N–H and O–H groups in total.